The average Bonchev–Trinajstić information content (AvgIpc) is 2.27. The molecule has 1 rings (SSSR count). The van der Waals surface area contributed by atoms with Crippen LogP contribution in [0.5, 0.6) is 0 Å². The molecule has 4 N–H and O–H groups in total. The van der Waals surface area contributed by atoms with Gasteiger partial charge in [0, 0.05) is 6.54 Å². The Morgan fingerprint density at radius 3 is 2.22 bits per heavy atom. The van der Waals surface area contributed by atoms with Gasteiger partial charge in [-0.05, 0) is 19.2 Å². The maximum absolute atomic E-state index is 13.5. The Balaban J connectivity index is 3.13. The van der Waals surface area contributed by atoms with Crippen molar-refractivity contribution in [1.29, 1.82) is 0 Å². The second kappa shape index (κ2) is 5.85. The molecule has 18 heavy (non-hydrogen) atoms. The van der Waals surface area contributed by atoms with Gasteiger partial charge < -0.3 is 20.6 Å². The molecule has 2 unspecified atom stereocenters. The maximum atomic E-state index is 13.5. The molecule has 0 spiro atoms. The van der Waals surface area contributed by atoms with Crippen LogP contribution in [0, 0.1) is 11.6 Å². The Hall–Kier alpha value is -1.57. The number of likely N-dealkylation sites (N-methyl/N-ethyl adjacent to an activating group) is 1. The van der Waals surface area contributed by atoms with Gasteiger partial charge in [-0.1, -0.05) is 0 Å². The van der Waals surface area contributed by atoms with Crippen molar-refractivity contribution in [2.75, 3.05) is 13.6 Å². The van der Waals surface area contributed by atoms with E-state index in [9.17, 15) is 23.8 Å². The van der Waals surface area contributed by atoms with Gasteiger partial charge in [0.2, 0.25) is 0 Å². The first-order chi connectivity index (χ1) is 8.38. The molecule has 2 atom stereocenters. The summed E-state index contributed by atoms with van der Waals surface area (Å²) >= 11 is 0. The summed E-state index contributed by atoms with van der Waals surface area (Å²) in [6, 6.07) is 1.19. The van der Waals surface area contributed by atoms with Crippen molar-refractivity contribution in [3.63, 3.8) is 0 Å². The minimum Gasteiger partial charge on any atom is -0.478 e. The number of carboxylic acid groups (broad SMARTS) is 1. The first-order valence-electron chi connectivity index (χ1n) is 5.11. The van der Waals surface area contributed by atoms with Crippen molar-refractivity contribution >= 4 is 5.97 Å². The predicted octanol–water partition coefficient (Wildman–Crippen LogP) is 0.277. The van der Waals surface area contributed by atoms with Crippen LogP contribution in [-0.2, 0) is 0 Å². The fraction of sp³-hybridized carbons (Fsp3) is 0.364. The Morgan fingerprint density at radius 2 is 1.83 bits per heavy atom. The monoisotopic (exact) mass is 261 g/mol. The van der Waals surface area contributed by atoms with E-state index in [0.717, 1.165) is 0 Å². The molecule has 0 amide bonds. The zero-order valence-corrected chi connectivity index (χ0v) is 9.52. The highest BCUT2D eigenvalue weighted by molar-refractivity contribution is 5.87. The summed E-state index contributed by atoms with van der Waals surface area (Å²) < 4.78 is 27.1. The highest BCUT2D eigenvalue weighted by atomic mass is 19.1. The van der Waals surface area contributed by atoms with Gasteiger partial charge >= 0.3 is 5.97 Å². The highest BCUT2D eigenvalue weighted by Crippen LogP contribution is 2.24. The number of benzene rings is 1. The van der Waals surface area contributed by atoms with E-state index in [0.29, 0.717) is 12.1 Å². The van der Waals surface area contributed by atoms with Crippen molar-refractivity contribution in [3.8, 4) is 0 Å². The zero-order valence-electron chi connectivity index (χ0n) is 9.52. The van der Waals surface area contributed by atoms with Gasteiger partial charge in [0.15, 0.2) is 0 Å². The summed E-state index contributed by atoms with van der Waals surface area (Å²) in [5, 5.41) is 30.2. The molecule has 0 aromatic heterocycles. The van der Waals surface area contributed by atoms with Crippen LogP contribution in [0.3, 0.4) is 0 Å². The normalized spacial score (nSPS) is 14.3. The van der Waals surface area contributed by atoms with E-state index in [4.69, 9.17) is 5.11 Å². The number of carboxylic acids is 1. The number of aromatic carboxylic acids is 1. The molecule has 1 aromatic carbocycles. The first-order valence-corrected chi connectivity index (χ1v) is 5.11. The third-order valence-corrected chi connectivity index (χ3v) is 2.40. The number of aliphatic hydroxyl groups is 2. The lowest BCUT2D eigenvalue weighted by molar-refractivity contribution is 0.0158. The van der Waals surface area contributed by atoms with Gasteiger partial charge in [-0.3, -0.25) is 0 Å². The van der Waals surface area contributed by atoms with Crippen molar-refractivity contribution in [1.82, 2.24) is 5.32 Å². The number of rotatable bonds is 5. The summed E-state index contributed by atoms with van der Waals surface area (Å²) in [6.45, 7) is -0.0687. The summed E-state index contributed by atoms with van der Waals surface area (Å²) in [4.78, 5) is 10.6. The van der Waals surface area contributed by atoms with Crippen molar-refractivity contribution in [2.45, 2.75) is 12.2 Å². The molecule has 0 aliphatic rings. The fourth-order valence-corrected chi connectivity index (χ4v) is 1.50. The Labute approximate surface area is 102 Å². The lowest BCUT2D eigenvalue weighted by atomic mass is 10.0. The second-order valence-electron chi connectivity index (χ2n) is 3.73. The highest BCUT2D eigenvalue weighted by Gasteiger charge is 2.26. The van der Waals surface area contributed by atoms with Crippen molar-refractivity contribution in [2.24, 2.45) is 0 Å². The minimum absolute atomic E-state index is 0.0687. The molecule has 0 fully saturated rings. The third-order valence-electron chi connectivity index (χ3n) is 2.40. The number of hydrogen-bond donors (Lipinski definition) is 4. The topological polar surface area (TPSA) is 89.8 Å². The van der Waals surface area contributed by atoms with Crippen LogP contribution in [0.2, 0.25) is 0 Å². The molecule has 0 radical (unpaired) electrons. The van der Waals surface area contributed by atoms with Crippen LogP contribution in [0.4, 0.5) is 8.78 Å². The first kappa shape index (κ1) is 14.5. The standard InChI is InChI=1S/C11H13F2NO4/c1-14-4-8(15)10(16)9-6(12)2-5(11(17)18)3-7(9)13/h2-3,8,10,14-16H,4H2,1H3,(H,17,18). The van der Waals surface area contributed by atoms with Crippen LogP contribution in [-0.4, -0.2) is 41.0 Å². The van der Waals surface area contributed by atoms with Gasteiger partial charge in [-0.2, -0.15) is 0 Å². The molecule has 100 valence electrons. The number of carbonyl (C=O) groups is 1. The van der Waals surface area contributed by atoms with E-state index in [1.807, 2.05) is 0 Å². The van der Waals surface area contributed by atoms with Crippen LogP contribution < -0.4 is 5.32 Å². The second-order valence-corrected chi connectivity index (χ2v) is 3.73. The molecule has 0 aliphatic heterocycles. The minimum atomic E-state index is -1.78. The van der Waals surface area contributed by atoms with Crippen LogP contribution >= 0.6 is 0 Å². The van der Waals surface area contributed by atoms with E-state index in [-0.39, 0.29) is 6.54 Å². The third kappa shape index (κ3) is 3.00. The average molecular weight is 261 g/mol. The van der Waals surface area contributed by atoms with Crippen LogP contribution in [0.1, 0.15) is 22.0 Å². The zero-order chi connectivity index (χ0) is 13.9. The lowest BCUT2D eigenvalue weighted by Gasteiger charge is -2.19. The Kier molecular flexibility index (Phi) is 4.71. The van der Waals surface area contributed by atoms with E-state index < -0.39 is 40.9 Å². The summed E-state index contributed by atoms with van der Waals surface area (Å²) in [5.74, 6) is -3.91. The molecule has 0 aliphatic carbocycles. The van der Waals surface area contributed by atoms with Crippen LogP contribution in [0.15, 0.2) is 12.1 Å². The van der Waals surface area contributed by atoms with Gasteiger partial charge in [0.05, 0.1) is 17.2 Å². The fourth-order valence-electron chi connectivity index (χ4n) is 1.50. The molecular weight excluding hydrogens is 248 g/mol. The van der Waals surface area contributed by atoms with Gasteiger partial charge in [0.25, 0.3) is 0 Å². The van der Waals surface area contributed by atoms with Crippen LogP contribution in [0.25, 0.3) is 0 Å². The summed E-state index contributed by atoms with van der Waals surface area (Å²) in [6.07, 6.45) is -3.19. The van der Waals surface area contributed by atoms with Gasteiger partial charge in [-0.15, -0.1) is 0 Å². The summed E-state index contributed by atoms with van der Waals surface area (Å²) in [5.41, 5.74) is -1.31. The predicted molar refractivity (Wildman–Crippen MR) is 58.2 cm³/mol. The molecule has 0 saturated carbocycles. The summed E-state index contributed by atoms with van der Waals surface area (Å²) in [7, 11) is 1.50. The van der Waals surface area contributed by atoms with Gasteiger partial charge in [0.1, 0.15) is 17.7 Å². The molecule has 7 heteroatoms. The molecule has 0 heterocycles. The molecule has 0 saturated heterocycles. The molecule has 0 bridgehead atoms. The quantitative estimate of drug-likeness (QED) is 0.611. The Morgan fingerprint density at radius 1 is 1.33 bits per heavy atom. The number of aliphatic hydroxyl groups excluding tert-OH is 2. The van der Waals surface area contributed by atoms with E-state index >= 15 is 0 Å². The maximum Gasteiger partial charge on any atom is 0.335 e. The number of nitrogens with one attached hydrogen (secondary N) is 1. The van der Waals surface area contributed by atoms with Gasteiger partial charge in [-0.25, -0.2) is 13.6 Å². The molecular formula is C11H13F2NO4. The van der Waals surface area contributed by atoms with Crippen molar-refractivity contribution in [3.05, 3.63) is 34.9 Å². The Bertz CT molecular complexity index is 430. The van der Waals surface area contributed by atoms with E-state index in [1.165, 1.54) is 7.05 Å². The SMILES string of the molecule is CNCC(O)C(O)c1c(F)cc(C(=O)O)cc1F. The lowest BCUT2D eigenvalue weighted by Crippen LogP contribution is -2.30. The van der Waals surface area contributed by atoms with E-state index in [2.05, 4.69) is 5.32 Å². The largest absolute Gasteiger partial charge is 0.478 e. The number of halogens is 2. The molecule has 5 nitrogen and oxygen atoms in total. The van der Waals surface area contributed by atoms with E-state index in [1.54, 1.807) is 0 Å². The smallest absolute Gasteiger partial charge is 0.335 e. The molecule has 1 aromatic rings. The van der Waals surface area contributed by atoms with Crippen molar-refractivity contribution < 1.29 is 28.9 Å². The number of hydrogen-bond acceptors (Lipinski definition) is 4.